The van der Waals surface area contributed by atoms with Gasteiger partial charge in [-0.1, -0.05) is 17.7 Å². The largest absolute Gasteiger partial charge is 0.496 e. The molecular formula is C21H25FN2O5S. The number of nitrogens with one attached hydrogen (secondary N) is 1. The highest BCUT2D eigenvalue weighted by molar-refractivity contribution is 7.89. The molecule has 1 amide bonds. The molecule has 1 N–H and O–H groups in total. The summed E-state index contributed by atoms with van der Waals surface area (Å²) < 4.78 is 51.5. The van der Waals surface area contributed by atoms with Gasteiger partial charge < -0.3 is 14.8 Å². The number of halogens is 1. The van der Waals surface area contributed by atoms with Crippen molar-refractivity contribution in [3.8, 4) is 5.75 Å². The van der Waals surface area contributed by atoms with Crippen LogP contribution in [-0.4, -0.2) is 58.6 Å². The van der Waals surface area contributed by atoms with Crippen LogP contribution in [0.3, 0.4) is 0 Å². The minimum absolute atomic E-state index is 0.0828. The van der Waals surface area contributed by atoms with Crippen molar-refractivity contribution in [3.63, 3.8) is 0 Å². The van der Waals surface area contributed by atoms with E-state index in [1.165, 1.54) is 10.4 Å². The van der Waals surface area contributed by atoms with Crippen molar-refractivity contribution in [1.82, 2.24) is 9.62 Å². The highest BCUT2D eigenvalue weighted by Crippen LogP contribution is 2.22. The number of benzene rings is 2. The fourth-order valence-electron chi connectivity index (χ4n) is 3.28. The number of rotatable bonds is 7. The fourth-order valence-corrected chi connectivity index (χ4v) is 4.78. The first-order valence-electron chi connectivity index (χ1n) is 9.62. The normalized spacial score (nSPS) is 15.0. The van der Waals surface area contributed by atoms with E-state index in [2.05, 4.69) is 5.32 Å². The van der Waals surface area contributed by atoms with Crippen LogP contribution in [0.15, 0.2) is 41.3 Å². The van der Waals surface area contributed by atoms with E-state index in [4.69, 9.17) is 9.47 Å². The van der Waals surface area contributed by atoms with Crippen LogP contribution in [0.4, 0.5) is 4.39 Å². The molecule has 0 aliphatic carbocycles. The van der Waals surface area contributed by atoms with Gasteiger partial charge >= 0.3 is 0 Å². The minimum atomic E-state index is -4.04. The Morgan fingerprint density at radius 2 is 1.93 bits per heavy atom. The number of morpholine rings is 1. The molecule has 0 atom stereocenters. The Morgan fingerprint density at radius 3 is 2.63 bits per heavy atom. The molecule has 1 heterocycles. The van der Waals surface area contributed by atoms with Gasteiger partial charge in [0.25, 0.3) is 5.91 Å². The van der Waals surface area contributed by atoms with Gasteiger partial charge in [-0.3, -0.25) is 4.79 Å². The molecule has 2 aromatic rings. The molecule has 0 bridgehead atoms. The molecule has 3 rings (SSSR count). The van der Waals surface area contributed by atoms with Gasteiger partial charge in [-0.05, 0) is 43.2 Å². The zero-order valence-electron chi connectivity index (χ0n) is 17.0. The lowest BCUT2D eigenvalue weighted by Crippen LogP contribution is -2.41. The number of ether oxygens (including phenoxy) is 2. The van der Waals surface area contributed by atoms with Crippen LogP contribution in [0.5, 0.6) is 5.75 Å². The third-order valence-corrected chi connectivity index (χ3v) is 6.81. The van der Waals surface area contributed by atoms with Crippen molar-refractivity contribution in [2.45, 2.75) is 18.2 Å². The zero-order chi connectivity index (χ0) is 21.7. The number of carbonyl (C=O) groups excluding carboxylic acids is 1. The molecule has 0 spiro atoms. The van der Waals surface area contributed by atoms with E-state index in [1.54, 1.807) is 7.11 Å². The van der Waals surface area contributed by atoms with Crippen LogP contribution >= 0.6 is 0 Å². The van der Waals surface area contributed by atoms with Crippen LogP contribution in [0, 0.1) is 12.7 Å². The lowest BCUT2D eigenvalue weighted by Gasteiger charge is -2.26. The smallest absolute Gasteiger partial charge is 0.251 e. The standard InChI is InChI=1S/C21H25FN2O5S/c1-15-3-6-19(28-2)16(13-15)7-8-23-21(25)17-4-5-18(22)20(14-17)30(26,27)24-9-11-29-12-10-24/h3-6,13-14H,7-12H2,1-2H3,(H,23,25). The Labute approximate surface area is 175 Å². The summed E-state index contributed by atoms with van der Waals surface area (Å²) in [6, 6.07) is 9.16. The number of sulfonamides is 1. The second-order valence-corrected chi connectivity index (χ2v) is 8.89. The summed E-state index contributed by atoms with van der Waals surface area (Å²) in [4.78, 5) is 12.0. The number of hydrogen-bond acceptors (Lipinski definition) is 5. The van der Waals surface area contributed by atoms with E-state index in [0.717, 1.165) is 29.0 Å². The van der Waals surface area contributed by atoms with Crippen molar-refractivity contribution >= 4 is 15.9 Å². The van der Waals surface area contributed by atoms with E-state index < -0.39 is 26.6 Å². The van der Waals surface area contributed by atoms with Gasteiger partial charge in [-0.2, -0.15) is 4.31 Å². The first-order chi connectivity index (χ1) is 14.3. The molecule has 1 aliphatic heterocycles. The third kappa shape index (κ3) is 4.97. The van der Waals surface area contributed by atoms with Crippen LogP contribution in [-0.2, 0) is 21.2 Å². The highest BCUT2D eigenvalue weighted by Gasteiger charge is 2.29. The number of hydrogen-bond donors (Lipinski definition) is 1. The minimum Gasteiger partial charge on any atom is -0.496 e. The van der Waals surface area contributed by atoms with Crippen LogP contribution < -0.4 is 10.1 Å². The Hall–Kier alpha value is -2.49. The highest BCUT2D eigenvalue weighted by atomic mass is 32.2. The molecule has 2 aromatic carbocycles. The van der Waals surface area contributed by atoms with E-state index in [9.17, 15) is 17.6 Å². The Morgan fingerprint density at radius 1 is 1.20 bits per heavy atom. The number of aryl methyl sites for hydroxylation is 1. The van der Waals surface area contributed by atoms with Crippen LogP contribution in [0.25, 0.3) is 0 Å². The first-order valence-corrected chi connectivity index (χ1v) is 11.1. The van der Waals surface area contributed by atoms with Gasteiger partial charge in [0, 0.05) is 25.2 Å². The Balaban J connectivity index is 1.71. The van der Waals surface area contributed by atoms with E-state index >= 15 is 0 Å². The fraction of sp³-hybridized carbons (Fsp3) is 0.381. The second kappa shape index (κ2) is 9.55. The Kier molecular flexibility index (Phi) is 7.06. The molecule has 0 unspecified atom stereocenters. The average molecular weight is 437 g/mol. The molecule has 162 valence electrons. The summed E-state index contributed by atoms with van der Waals surface area (Å²) in [6.45, 7) is 3.10. The third-order valence-electron chi connectivity index (χ3n) is 4.90. The lowest BCUT2D eigenvalue weighted by atomic mass is 10.1. The monoisotopic (exact) mass is 436 g/mol. The molecule has 7 nitrogen and oxygen atoms in total. The number of methoxy groups -OCH3 is 1. The van der Waals surface area contributed by atoms with Gasteiger partial charge in [0.05, 0.1) is 20.3 Å². The lowest BCUT2D eigenvalue weighted by molar-refractivity contribution is 0.0729. The Bertz CT molecular complexity index is 1020. The summed E-state index contributed by atoms with van der Waals surface area (Å²) in [5, 5.41) is 2.75. The van der Waals surface area contributed by atoms with Crippen molar-refractivity contribution in [2.24, 2.45) is 0 Å². The summed E-state index contributed by atoms with van der Waals surface area (Å²) in [6.07, 6.45) is 0.538. The zero-order valence-corrected chi connectivity index (χ0v) is 17.8. The van der Waals surface area contributed by atoms with Gasteiger partial charge in [0.15, 0.2) is 0 Å². The summed E-state index contributed by atoms with van der Waals surface area (Å²) in [5.74, 6) is -0.627. The van der Waals surface area contributed by atoms with Gasteiger partial charge in [-0.25, -0.2) is 12.8 Å². The number of amides is 1. The summed E-state index contributed by atoms with van der Waals surface area (Å²) >= 11 is 0. The molecule has 30 heavy (non-hydrogen) atoms. The summed E-state index contributed by atoms with van der Waals surface area (Å²) in [7, 11) is -2.46. The predicted octanol–water partition coefficient (Wildman–Crippen LogP) is 2.14. The van der Waals surface area contributed by atoms with Gasteiger partial charge in [0.1, 0.15) is 16.5 Å². The van der Waals surface area contributed by atoms with Crippen molar-refractivity contribution < 1.29 is 27.1 Å². The SMILES string of the molecule is COc1ccc(C)cc1CCNC(=O)c1ccc(F)c(S(=O)(=O)N2CCOCC2)c1. The maximum Gasteiger partial charge on any atom is 0.251 e. The molecule has 1 saturated heterocycles. The van der Waals surface area contributed by atoms with Crippen molar-refractivity contribution in [3.05, 3.63) is 58.9 Å². The van der Waals surface area contributed by atoms with E-state index in [-0.39, 0.29) is 31.9 Å². The molecule has 9 heteroatoms. The average Bonchev–Trinajstić information content (AvgIpc) is 2.74. The van der Waals surface area contributed by atoms with Gasteiger partial charge in [-0.15, -0.1) is 0 Å². The molecule has 0 aromatic heterocycles. The topological polar surface area (TPSA) is 84.9 Å². The quantitative estimate of drug-likeness (QED) is 0.719. The number of nitrogens with zero attached hydrogens (tertiary/aromatic N) is 1. The first kappa shape index (κ1) is 22.2. The second-order valence-electron chi connectivity index (χ2n) is 6.98. The number of carbonyl (C=O) groups is 1. The van der Waals surface area contributed by atoms with Crippen molar-refractivity contribution in [1.29, 1.82) is 0 Å². The molecule has 1 fully saturated rings. The van der Waals surface area contributed by atoms with Gasteiger partial charge in [0.2, 0.25) is 10.0 Å². The maximum atomic E-state index is 14.3. The van der Waals surface area contributed by atoms with Crippen LogP contribution in [0.2, 0.25) is 0 Å². The van der Waals surface area contributed by atoms with Crippen molar-refractivity contribution in [2.75, 3.05) is 40.0 Å². The van der Waals surface area contributed by atoms with E-state index in [0.29, 0.717) is 13.0 Å². The molecular weight excluding hydrogens is 411 g/mol. The predicted molar refractivity (Wildman–Crippen MR) is 110 cm³/mol. The van der Waals surface area contributed by atoms with E-state index in [1.807, 2.05) is 25.1 Å². The summed E-state index contributed by atoms with van der Waals surface area (Å²) in [5.41, 5.74) is 2.11. The molecule has 0 radical (unpaired) electrons. The van der Waals surface area contributed by atoms with Crippen LogP contribution in [0.1, 0.15) is 21.5 Å². The molecule has 0 saturated carbocycles. The molecule has 1 aliphatic rings. The maximum absolute atomic E-state index is 14.3.